The summed E-state index contributed by atoms with van der Waals surface area (Å²) >= 11 is 1.26. The van der Waals surface area contributed by atoms with Gasteiger partial charge in [-0.25, -0.2) is 0 Å². The Morgan fingerprint density at radius 1 is 1.38 bits per heavy atom. The van der Waals surface area contributed by atoms with Gasteiger partial charge in [-0.15, -0.1) is 10.2 Å². The first-order valence-electron chi connectivity index (χ1n) is 8.34. The van der Waals surface area contributed by atoms with Crippen LogP contribution < -0.4 is 5.32 Å². The third kappa shape index (κ3) is 3.83. The maximum Gasteiger partial charge on any atom is 0.277 e. The van der Waals surface area contributed by atoms with Crippen LogP contribution in [0.15, 0.2) is 26.4 Å². The number of aryl methyl sites for hydroxylation is 1. The van der Waals surface area contributed by atoms with Crippen molar-refractivity contribution in [3.05, 3.63) is 18.1 Å². The molecule has 1 N–H and O–H groups in total. The van der Waals surface area contributed by atoms with E-state index in [-0.39, 0.29) is 17.7 Å². The Labute approximate surface area is 145 Å². The zero-order chi connectivity index (χ0) is 17.1. The van der Waals surface area contributed by atoms with Crippen molar-refractivity contribution in [1.82, 2.24) is 15.5 Å². The van der Waals surface area contributed by atoms with Crippen LogP contribution in [0.1, 0.15) is 38.9 Å². The summed E-state index contributed by atoms with van der Waals surface area (Å²) in [6, 6.07) is 2.06. The van der Waals surface area contributed by atoms with Crippen molar-refractivity contribution in [3.63, 3.8) is 0 Å². The van der Waals surface area contributed by atoms with Crippen LogP contribution in [0.3, 0.4) is 0 Å². The molecule has 1 fully saturated rings. The average molecular weight is 349 g/mol. The highest BCUT2D eigenvalue weighted by molar-refractivity contribution is 7.99. The normalized spacial score (nSPS) is 24.0. The lowest BCUT2D eigenvalue weighted by Crippen LogP contribution is -2.44. The molecule has 2 aromatic heterocycles. The van der Waals surface area contributed by atoms with E-state index in [4.69, 9.17) is 8.83 Å². The molecule has 0 aromatic carbocycles. The molecule has 7 heteroatoms. The van der Waals surface area contributed by atoms with Crippen LogP contribution in [-0.4, -0.2) is 27.9 Å². The summed E-state index contributed by atoms with van der Waals surface area (Å²) in [7, 11) is 0. The number of thioether (sulfide) groups is 1. The fraction of sp³-hybridized carbons (Fsp3) is 0.588. The van der Waals surface area contributed by atoms with Crippen LogP contribution >= 0.6 is 11.8 Å². The molecule has 0 radical (unpaired) electrons. The van der Waals surface area contributed by atoms with Crippen LogP contribution in [0, 0.1) is 18.8 Å². The minimum atomic E-state index is 0.0187. The van der Waals surface area contributed by atoms with Gasteiger partial charge >= 0.3 is 0 Å². The minimum absolute atomic E-state index is 0.0187. The van der Waals surface area contributed by atoms with E-state index in [0.29, 0.717) is 22.9 Å². The summed E-state index contributed by atoms with van der Waals surface area (Å²) in [4.78, 5) is 12.2. The topological polar surface area (TPSA) is 81.2 Å². The van der Waals surface area contributed by atoms with Gasteiger partial charge in [0.05, 0.1) is 17.6 Å². The molecular weight excluding hydrogens is 326 g/mol. The number of furan rings is 1. The van der Waals surface area contributed by atoms with Crippen LogP contribution in [-0.2, 0) is 4.79 Å². The number of hydrogen-bond acceptors (Lipinski definition) is 6. The first-order chi connectivity index (χ1) is 11.5. The molecule has 1 aliphatic carbocycles. The third-order valence-corrected chi connectivity index (χ3v) is 5.69. The molecule has 0 bridgehead atoms. The van der Waals surface area contributed by atoms with E-state index in [1.54, 1.807) is 12.3 Å². The lowest BCUT2D eigenvalue weighted by molar-refractivity contribution is -0.120. The van der Waals surface area contributed by atoms with Gasteiger partial charge in [-0.2, -0.15) is 0 Å². The largest absolute Gasteiger partial charge is 0.469 e. The maximum absolute atomic E-state index is 12.2. The fourth-order valence-corrected chi connectivity index (χ4v) is 3.72. The van der Waals surface area contributed by atoms with Gasteiger partial charge in [0.25, 0.3) is 11.1 Å². The number of nitrogens with zero attached hydrogens (tertiary/aromatic N) is 2. The molecule has 2 aromatic rings. The predicted molar refractivity (Wildman–Crippen MR) is 91.6 cm³/mol. The fourth-order valence-electron chi connectivity index (χ4n) is 3.15. The molecular formula is C17H23N3O3S. The number of carbonyl (C=O) groups is 1. The number of carbonyl (C=O) groups excluding carboxylic acids is 1. The van der Waals surface area contributed by atoms with Crippen molar-refractivity contribution in [2.75, 3.05) is 5.75 Å². The van der Waals surface area contributed by atoms with Crippen LogP contribution in [0.2, 0.25) is 0 Å². The Hall–Kier alpha value is -1.76. The first-order valence-corrected chi connectivity index (χ1v) is 9.33. The lowest BCUT2D eigenvalue weighted by atomic mass is 9.78. The summed E-state index contributed by atoms with van der Waals surface area (Å²) in [5.41, 5.74) is 0.781. The summed E-state index contributed by atoms with van der Waals surface area (Å²) in [5.74, 6) is 2.63. The molecule has 0 spiro atoms. The van der Waals surface area contributed by atoms with E-state index >= 15 is 0 Å². The van der Waals surface area contributed by atoms with Gasteiger partial charge in [0.15, 0.2) is 0 Å². The summed E-state index contributed by atoms with van der Waals surface area (Å²) < 4.78 is 10.8. The van der Waals surface area contributed by atoms with Crippen molar-refractivity contribution in [1.29, 1.82) is 0 Å². The molecule has 1 amide bonds. The highest BCUT2D eigenvalue weighted by atomic mass is 32.2. The van der Waals surface area contributed by atoms with E-state index in [1.807, 2.05) is 6.92 Å². The van der Waals surface area contributed by atoms with Crippen molar-refractivity contribution in [2.45, 2.75) is 51.3 Å². The quantitative estimate of drug-likeness (QED) is 0.830. The monoisotopic (exact) mass is 349 g/mol. The van der Waals surface area contributed by atoms with Crippen molar-refractivity contribution >= 4 is 17.7 Å². The summed E-state index contributed by atoms with van der Waals surface area (Å²) in [5, 5.41) is 11.5. The number of aromatic nitrogens is 2. The van der Waals surface area contributed by atoms with Gasteiger partial charge in [-0.3, -0.25) is 4.79 Å². The highest BCUT2D eigenvalue weighted by Gasteiger charge is 2.28. The van der Waals surface area contributed by atoms with Gasteiger partial charge in [0, 0.05) is 6.04 Å². The molecule has 1 saturated carbocycles. The zero-order valence-electron chi connectivity index (χ0n) is 14.2. The number of amides is 1. The Balaban J connectivity index is 1.52. The minimum Gasteiger partial charge on any atom is -0.469 e. The second-order valence-electron chi connectivity index (χ2n) is 6.49. The molecule has 3 atom stereocenters. The first kappa shape index (κ1) is 17.1. The van der Waals surface area contributed by atoms with Gasteiger partial charge in [0.2, 0.25) is 5.91 Å². The SMILES string of the molecule is Cc1occc1-c1nnc(SCC(=O)N[C@H]2CCC[C@H](C)[C@@H]2C)o1. The van der Waals surface area contributed by atoms with Crippen molar-refractivity contribution in [3.8, 4) is 11.5 Å². The van der Waals surface area contributed by atoms with E-state index in [2.05, 4.69) is 29.4 Å². The molecule has 2 heterocycles. The third-order valence-electron chi connectivity index (χ3n) is 4.88. The predicted octanol–water partition coefficient (Wildman–Crippen LogP) is 3.67. The second kappa shape index (κ2) is 7.42. The second-order valence-corrected chi connectivity index (χ2v) is 7.42. The summed E-state index contributed by atoms with van der Waals surface area (Å²) in [6.07, 6.45) is 5.08. The van der Waals surface area contributed by atoms with E-state index in [1.165, 1.54) is 24.6 Å². The number of nitrogens with one attached hydrogen (secondary N) is 1. The smallest absolute Gasteiger partial charge is 0.277 e. The van der Waals surface area contributed by atoms with E-state index < -0.39 is 0 Å². The molecule has 6 nitrogen and oxygen atoms in total. The molecule has 0 aliphatic heterocycles. The molecule has 130 valence electrons. The van der Waals surface area contributed by atoms with Gasteiger partial charge in [-0.05, 0) is 31.2 Å². The van der Waals surface area contributed by atoms with Gasteiger partial charge in [-0.1, -0.05) is 38.5 Å². The Bertz CT molecular complexity index is 697. The zero-order valence-corrected chi connectivity index (χ0v) is 15.1. The highest BCUT2D eigenvalue weighted by Crippen LogP contribution is 2.30. The molecule has 1 aliphatic rings. The Morgan fingerprint density at radius 2 is 2.21 bits per heavy atom. The number of hydrogen-bond donors (Lipinski definition) is 1. The standard InChI is InChI=1S/C17H23N3O3S/c1-10-5-4-6-14(11(10)2)18-15(21)9-24-17-20-19-16(23-17)13-7-8-22-12(13)3/h7-8,10-11,14H,4-6,9H2,1-3H3,(H,18,21)/t10-,11-,14-/m0/s1. The van der Waals surface area contributed by atoms with Crippen molar-refractivity contribution in [2.24, 2.45) is 11.8 Å². The maximum atomic E-state index is 12.2. The Morgan fingerprint density at radius 3 is 2.96 bits per heavy atom. The molecule has 0 unspecified atom stereocenters. The lowest BCUT2D eigenvalue weighted by Gasteiger charge is -2.34. The van der Waals surface area contributed by atoms with Gasteiger partial charge < -0.3 is 14.2 Å². The molecule has 24 heavy (non-hydrogen) atoms. The van der Waals surface area contributed by atoms with Gasteiger partial charge in [0.1, 0.15) is 5.76 Å². The van der Waals surface area contributed by atoms with Crippen LogP contribution in [0.5, 0.6) is 0 Å². The van der Waals surface area contributed by atoms with E-state index in [9.17, 15) is 4.79 Å². The summed E-state index contributed by atoms with van der Waals surface area (Å²) in [6.45, 7) is 6.32. The van der Waals surface area contributed by atoms with Crippen LogP contribution in [0.4, 0.5) is 0 Å². The Kier molecular flexibility index (Phi) is 5.28. The van der Waals surface area contributed by atoms with Crippen LogP contribution in [0.25, 0.3) is 11.5 Å². The van der Waals surface area contributed by atoms with E-state index in [0.717, 1.165) is 17.7 Å². The molecule has 0 saturated heterocycles. The number of rotatable bonds is 5. The van der Waals surface area contributed by atoms with Crippen molar-refractivity contribution < 1.29 is 13.6 Å². The molecule has 3 rings (SSSR count). The average Bonchev–Trinajstić information content (AvgIpc) is 3.18.